The Morgan fingerprint density at radius 1 is 1.00 bits per heavy atom. The topological polar surface area (TPSA) is 133 Å². The molecule has 0 bridgehead atoms. The number of nitro groups is 1. The lowest BCUT2D eigenvalue weighted by atomic mass is 10.1. The van der Waals surface area contributed by atoms with E-state index in [1.807, 2.05) is 0 Å². The van der Waals surface area contributed by atoms with Gasteiger partial charge in [-0.2, -0.15) is 20.1 Å². The van der Waals surface area contributed by atoms with Gasteiger partial charge in [0, 0.05) is 42.3 Å². The molecule has 4 rings (SSSR count). The van der Waals surface area contributed by atoms with E-state index in [1.165, 1.54) is 25.1 Å². The molecule has 2 aliphatic heterocycles. The first-order chi connectivity index (χ1) is 15.5. The van der Waals surface area contributed by atoms with E-state index in [9.17, 15) is 15.2 Å². The van der Waals surface area contributed by atoms with Gasteiger partial charge < -0.3 is 14.9 Å². The maximum Gasteiger partial charge on any atom is 0.312 e. The number of phenolic OH excluding ortho intramolecular Hbond substituents is 1. The van der Waals surface area contributed by atoms with Crippen LogP contribution in [0.5, 0.6) is 5.75 Å². The summed E-state index contributed by atoms with van der Waals surface area (Å²) in [5.41, 5.74) is 2.60. The highest BCUT2D eigenvalue weighted by atomic mass is 79.9. The fourth-order valence-corrected chi connectivity index (χ4v) is 4.34. The fourth-order valence-electron chi connectivity index (χ4n) is 3.88. The lowest BCUT2D eigenvalue weighted by Crippen LogP contribution is -2.34. The molecule has 0 unspecified atom stereocenters. The van der Waals surface area contributed by atoms with E-state index < -0.39 is 16.4 Å². The van der Waals surface area contributed by atoms with Gasteiger partial charge in [-0.05, 0) is 44.6 Å². The molecule has 3 heterocycles. The number of phenols is 1. The number of rotatable bonds is 6. The first-order valence-corrected chi connectivity index (χ1v) is 11.5. The third-order valence-electron chi connectivity index (χ3n) is 5.54. The fraction of sp³-hybridized carbons (Fsp3) is 0.500. The summed E-state index contributed by atoms with van der Waals surface area (Å²) in [6.07, 6.45) is 8.13. The molecule has 1 aromatic carbocycles. The lowest BCUT2D eigenvalue weighted by molar-refractivity contribution is -0.385. The van der Waals surface area contributed by atoms with E-state index in [0.29, 0.717) is 22.3 Å². The minimum Gasteiger partial charge on any atom is -0.502 e. The summed E-state index contributed by atoms with van der Waals surface area (Å²) in [7, 11) is 0. The average Bonchev–Trinajstić information content (AvgIpc) is 2.82. The average molecular weight is 505 g/mol. The molecule has 1 aromatic heterocycles. The van der Waals surface area contributed by atoms with Crippen LogP contribution in [0.15, 0.2) is 21.7 Å². The Balaban J connectivity index is 1.59. The Morgan fingerprint density at radius 3 is 2.09 bits per heavy atom. The van der Waals surface area contributed by atoms with Crippen molar-refractivity contribution in [3.05, 3.63) is 32.3 Å². The van der Waals surface area contributed by atoms with Gasteiger partial charge in [-0.25, -0.2) is 5.43 Å². The van der Waals surface area contributed by atoms with Gasteiger partial charge in [-0.1, -0.05) is 15.9 Å². The molecule has 2 aliphatic rings. The van der Waals surface area contributed by atoms with Crippen molar-refractivity contribution in [2.24, 2.45) is 5.10 Å². The molecule has 32 heavy (non-hydrogen) atoms. The minimum atomic E-state index is -0.646. The van der Waals surface area contributed by atoms with Crippen molar-refractivity contribution >= 4 is 45.7 Å². The van der Waals surface area contributed by atoms with Gasteiger partial charge in [0.05, 0.1) is 11.1 Å². The predicted molar refractivity (Wildman–Crippen MR) is 126 cm³/mol. The summed E-state index contributed by atoms with van der Waals surface area (Å²) in [5.74, 6) is 1.08. The summed E-state index contributed by atoms with van der Waals surface area (Å²) in [6.45, 7) is 3.62. The van der Waals surface area contributed by atoms with Crippen LogP contribution in [0.25, 0.3) is 0 Å². The van der Waals surface area contributed by atoms with Crippen molar-refractivity contribution in [1.82, 2.24) is 15.0 Å². The van der Waals surface area contributed by atoms with E-state index in [4.69, 9.17) is 4.98 Å². The predicted octanol–water partition coefficient (Wildman–Crippen LogP) is 3.67. The summed E-state index contributed by atoms with van der Waals surface area (Å²) < 4.78 is 0.461. The highest BCUT2D eigenvalue weighted by molar-refractivity contribution is 9.10. The van der Waals surface area contributed by atoms with Crippen molar-refractivity contribution < 1.29 is 10.0 Å². The first-order valence-electron chi connectivity index (χ1n) is 10.7. The number of aromatic hydroxyl groups is 1. The SMILES string of the molecule is O=[N+]([O-])c1cc(Br)cc(/C=N/Nc2nc(N3CCCCC3)nc(N3CCCCC3)n2)c1O. The zero-order chi connectivity index (χ0) is 22.5. The number of aromatic nitrogens is 3. The van der Waals surface area contributed by atoms with Gasteiger partial charge in [0.1, 0.15) is 0 Å². The van der Waals surface area contributed by atoms with E-state index >= 15 is 0 Å². The molecule has 0 radical (unpaired) electrons. The van der Waals surface area contributed by atoms with Gasteiger partial charge in [0.2, 0.25) is 23.6 Å². The maximum atomic E-state index is 11.1. The molecule has 2 N–H and O–H groups in total. The largest absolute Gasteiger partial charge is 0.502 e. The second-order valence-corrected chi connectivity index (χ2v) is 8.76. The molecule has 11 nitrogen and oxygen atoms in total. The summed E-state index contributed by atoms with van der Waals surface area (Å²) in [6, 6.07) is 2.78. The van der Waals surface area contributed by atoms with Crippen LogP contribution in [-0.4, -0.2) is 57.4 Å². The van der Waals surface area contributed by atoms with E-state index in [2.05, 4.69) is 46.2 Å². The molecule has 0 spiro atoms. The molecule has 2 aromatic rings. The number of nitro benzene ring substituents is 1. The number of nitrogens with one attached hydrogen (secondary N) is 1. The zero-order valence-corrected chi connectivity index (χ0v) is 19.2. The molecular formula is C20H25BrN8O3. The van der Waals surface area contributed by atoms with Crippen molar-refractivity contribution in [3.8, 4) is 5.75 Å². The Morgan fingerprint density at radius 2 is 1.56 bits per heavy atom. The normalized spacial score (nSPS) is 17.0. The summed E-state index contributed by atoms with van der Waals surface area (Å²) >= 11 is 3.22. The maximum absolute atomic E-state index is 11.1. The van der Waals surface area contributed by atoms with Gasteiger partial charge in [0.25, 0.3) is 0 Å². The van der Waals surface area contributed by atoms with Gasteiger partial charge in [0.15, 0.2) is 0 Å². The monoisotopic (exact) mass is 504 g/mol. The van der Waals surface area contributed by atoms with E-state index in [0.717, 1.165) is 51.9 Å². The number of benzene rings is 1. The Labute approximate surface area is 193 Å². The first kappa shape index (κ1) is 22.2. The van der Waals surface area contributed by atoms with Crippen LogP contribution in [0, 0.1) is 10.1 Å². The van der Waals surface area contributed by atoms with Crippen LogP contribution >= 0.6 is 15.9 Å². The van der Waals surface area contributed by atoms with Crippen molar-refractivity contribution in [1.29, 1.82) is 0 Å². The second kappa shape index (κ2) is 10.1. The third kappa shape index (κ3) is 5.23. The van der Waals surface area contributed by atoms with E-state index in [1.54, 1.807) is 6.07 Å². The Bertz CT molecular complexity index is 970. The second-order valence-electron chi connectivity index (χ2n) is 7.84. The molecule has 0 saturated carbocycles. The van der Waals surface area contributed by atoms with Gasteiger partial charge >= 0.3 is 5.69 Å². The third-order valence-corrected chi connectivity index (χ3v) is 6.00. The standard InChI is InChI=1S/C20H25BrN8O3/c21-15-11-14(17(30)16(12-15)29(31)32)13-22-26-18-23-19(27-7-3-1-4-8-27)25-20(24-18)28-9-5-2-6-10-28/h11-13,30H,1-10H2,(H,23,24,25,26)/b22-13+. The smallest absolute Gasteiger partial charge is 0.312 e. The molecule has 2 saturated heterocycles. The van der Waals surface area contributed by atoms with Gasteiger partial charge in [-0.15, -0.1) is 0 Å². The van der Waals surface area contributed by atoms with Crippen LogP contribution < -0.4 is 15.2 Å². The van der Waals surface area contributed by atoms with E-state index in [-0.39, 0.29) is 5.56 Å². The number of nitrogens with zero attached hydrogens (tertiary/aromatic N) is 7. The Hall–Kier alpha value is -3.02. The zero-order valence-electron chi connectivity index (χ0n) is 17.6. The molecule has 170 valence electrons. The van der Waals surface area contributed by atoms with Crippen molar-refractivity contribution in [2.75, 3.05) is 41.4 Å². The quantitative estimate of drug-likeness (QED) is 0.343. The lowest BCUT2D eigenvalue weighted by Gasteiger charge is -2.30. The van der Waals surface area contributed by atoms with Crippen LogP contribution in [0.1, 0.15) is 44.1 Å². The molecule has 0 atom stereocenters. The van der Waals surface area contributed by atoms with Crippen LogP contribution in [0.3, 0.4) is 0 Å². The summed E-state index contributed by atoms with van der Waals surface area (Å²) in [5, 5.41) is 25.4. The molecule has 0 amide bonds. The Kier molecular flexibility index (Phi) is 6.98. The van der Waals surface area contributed by atoms with Crippen LogP contribution in [0.4, 0.5) is 23.5 Å². The number of hydrazone groups is 1. The number of anilines is 3. The molecular weight excluding hydrogens is 480 g/mol. The highest BCUT2D eigenvalue weighted by Gasteiger charge is 2.21. The van der Waals surface area contributed by atoms with Crippen LogP contribution in [0.2, 0.25) is 0 Å². The number of hydrogen-bond donors (Lipinski definition) is 2. The van der Waals surface area contributed by atoms with Crippen molar-refractivity contribution in [3.63, 3.8) is 0 Å². The number of hydrogen-bond acceptors (Lipinski definition) is 10. The molecule has 0 aliphatic carbocycles. The number of piperidine rings is 2. The van der Waals surface area contributed by atoms with Gasteiger partial charge in [-0.3, -0.25) is 10.1 Å². The summed E-state index contributed by atoms with van der Waals surface area (Å²) in [4.78, 5) is 28.6. The number of halogens is 1. The molecule has 12 heteroatoms. The highest BCUT2D eigenvalue weighted by Crippen LogP contribution is 2.32. The van der Waals surface area contributed by atoms with Crippen LogP contribution in [-0.2, 0) is 0 Å². The van der Waals surface area contributed by atoms with Crippen molar-refractivity contribution in [2.45, 2.75) is 38.5 Å². The molecule has 2 fully saturated rings. The minimum absolute atomic E-state index is 0.195.